The zero-order valence-electron chi connectivity index (χ0n) is 24.1. The zero-order chi connectivity index (χ0) is 32.8. The number of hydrogen-bond acceptors (Lipinski definition) is 8. The van der Waals surface area contributed by atoms with Crippen molar-refractivity contribution in [3.8, 4) is 0 Å². The van der Waals surface area contributed by atoms with Crippen LogP contribution in [0.2, 0.25) is 0 Å². The van der Waals surface area contributed by atoms with Gasteiger partial charge in [0, 0.05) is 42.9 Å². The van der Waals surface area contributed by atoms with Crippen molar-refractivity contribution < 1.29 is 33.9 Å². The number of carbonyl (C=O) groups is 6. The number of guanidine groups is 1. The molecule has 44 heavy (non-hydrogen) atoms. The van der Waals surface area contributed by atoms with Crippen molar-refractivity contribution in [3.63, 3.8) is 0 Å². The van der Waals surface area contributed by atoms with Gasteiger partial charge in [-0.25, -0.2) is 4.79 Å². The molecule has 2 rings (SSSR count). The highest BCUT2D eigenvalue weighted by Gasteiger charge is 2.31. The van der Waals surface area contributed by atoms with Gasteiger partial charge in [-0.2, -0.15) is 0 Å². The molecule has 0 aliphatic rings. The molecule has 0 saturated carbocycles. The van der Waals surface area contributed by atoms with Gasteiger partial charge in [-0.05, 0) is 37.3 Å². The highest BCUT2D eigenvalue weighted by Crippen LogP contribution is 2.19. The summed E-state index contributed by atoms with van der Waals surface area (Å²) in [5, 5.41) is 18.0. The number of aliphatic carboxylic acids is 1. The third-order valence-electron chi connectivity index (χ3n) is 6.64. The van der Waals surface area contributed by atoms with E-state index in [-0.39, 0.29) is 57.5 Å². The number of aromatic nitrogens is 1. The summed E-state index contributed by atoms with van der Waals surface area (Å²) in [5.74, 6) is -5.36. The van der Waals surface area contributed by atoms with Crippen LogP contribution in [0.5, 0.6) is 0 Å². The van der Waals surface area contributed by atoms with Crippen LogP contribution in [0.3, 0.4) is 0 Å². The average Bonchev–Trinajstić information content (AvgIpc) is 3.37. The molecule has 0 spiro atoms. The number of fused-ring (bicyclic) bond motifs is 1. The van der Waals surface area contributed by atoms with Crippen LogP contribution in [0.15, 0.2) is 35.5 Å². The Morgan fingerprint density at radius 3 is 1.98 bits per heavy atom. The van der Waals surface area contributed by atoms with Crippen LogP contribution >= 0.6 is 0 Å². The first-order chi connectivity index (χ1) is 20.8. The van der Waals surface area contributed by atoms with Crippen molar-refractivity contribution >= 4 is 52.4 Å². The molecule has 0 aliphatic heterocycles. The Balaban J connectivity index is 2.21. The number of para-hydroxylation sites is 1. The molecule has 0 radical (unpaired) electrons. The smallest absolute Gasteiger partial charge is 0.326 e. The lowest BCUT2D eigenvalue weighted by Gasteiger charge is -2.25. The normalized spacial score (nSPS) is 13.6. The molecule has 0 saturated heterocycles. The van der Waals surface area contributed by atoms with Crippen molar-refractivity contribution in [3.05, 3.63) is 36.0 Å². The van der Waals surface area contributed by atoms with Gasteiger partial charge in [0.25, 0.3) is 0 Å². The quantitative estimate of drug-likeness (QED) is 0.0438. The number of carboxylic acid groups (broad SMARTS) is 1. The molecular formula is C27H40N10O7. The number of H-pyrrole nitrogens is 1. The molecule has 0 bridgehead atoms. The molecule has 240 valence electrons. The number of nitrogens with two attached hydrogens (primary N) is 5. The van der Waals surface area contributed by atoms with Crippen LogP contribution in [0, 0.1) is 0 Å². The summed E-state index contributed by atoms with van der Waals surface area (Å²) < 4.78 is 0. The van der Waals surface area contributed by atoms with E-state index in [4.69, 9.17) is 28.7 Å². The van der Waals surface area contributed by atoms with E-state index < -0.39 is 59.7 Å². The van der Waals surface area contributed by atoms with E-state index in [1.807, 2.05) is 12.1 Å². The van der Waals surface area contributed by atoms with Gasteiger partial charge in [-0.15, -0.1) is 0 Å². The molecule has 0 aliphatic carbocycles. The number of aromatic amines is 1. The number of aliphatic imine (C=N–C) groups is 1. The number of nitrogens with zero attached hydrogens (tertiary/aromatic N) is 1. The lowest BCUT2D eigenvalue weighted by atomic mass is 10.0. The maximum Gasteiger partial charge on any atom is 0.326 e. The maximum absolute atomic E-state index is 13.3. The first-order valence-corrected chi connectivity index (χ1v) is 13.8. The molecule has 0 fully saturated rings. The topological polar surface area (TPSA) is 317 Å². The van der Waals surface area contributed by atoms with Gasteiger partial charge in [0.1, 0.15) is 18.1 Å². The minimum absolute atomic E-state index is 0.0133. The highest BCUT2D eigenvalue weighted by atomic mass is 16.4. The van der Waals surface area contributed by atoms with Crippen molar-refractivity contribution in [2.75, 3.05) is 6.54 Å². The largest absolute Gasteiger partial charge is 0.480 e. The number of carboxylic acids is 1. The van der Waals surface area contributed by atoms with Crippen LogP contribution in [-0.2, 0) is 35.2 Å². The van der Waals surface area contributed by atoms with Gasteiger partial charge in [-0.3, -0.25) is 29.0 Å². The summed E-state index contributed by atoms with van der Waals surface area (Å²) in [6.45, 7) is 0.120. The number of carbonyl (C=O) groups excluding carboxylic acids is 5. The monoisotopic (exact) mass is 616 g/mol. The molecule has 4 unspecified atom stereocenters. The van der Waals surface area contributed by atoms with E-state index in [0.29, 0.717) is 5.56 Å². The Morgan fingerprint density at radius 1 is 0.795 bits per heavy atom. The molecule has 2 aromatic rings. The van der Waals surface area contributed by atoms with Crippen molar-refractivity contribution in [1.82, 2.24) is 20.9 Å². The van der Waals surface area contributed by atoms with Gasteiger partial charge >= 0.3 is 5.97 Å². The standard InChI is InChI=1S/C27H40N10O7/c28-16(7-9-21(29)38)23(40)35-18(6-3-11-33-27(31)32)24(41)36-19(8-10-22(30)39)25(42)37-20(26(43)44)12-14-13-34-17-5-2-1-4-15(14)17/h1-2,4-5,13,16,18-20,34H,3,6-12,28H2,(H2,29,38)(H2,30,39)(H,35,40)(H,36,41)(H,37,42)(H,43,44)(H4,31,32,33). The number of nitrogens with one attached hydrogen (secondary N) is 4. The van der Waals surface area contributed by atoms with Crippen LogP contribution in [-0.4, -0.2) is 82.3 Å². The number of benzene rings is 1. The minimum atomic E-state index is -1.39. The number of primary amides is 2. The fourth-order valence-electron chi connectivity index (χ4n) is 4.30. The molecular weight excluding hydrogens is 576 g/mol. The number of amides is 5. The Morgan fingerprint density at radius 2 is 1.36 bits per heavy atom. The second kappa shape index (κ2) is 17.1. The summed E-state index contributed by atoms with van der Waals surface area (Å²) in [6.07, 6.45) is 1.03. The second-order valence-corrected chi connectivity index (χ2v) is 10.2. The zero-order valence-corrected chi connectivity index (χ0v) is 24.1. The summed E-state index contributed by atoms with van der Waals surface area (Å²) in [4.78, 5) is 80.8. The molecule has 1 aromatic carbocycles. The third-order valence-corrected chi connectivity index (χ3v) is 6.64. The molecule has 17 heteroatoms. The number of rotatable bonds is 19. The van der Waals surface area contributed by atoms with Crippen LogP contribution in [0.1, 0.15) is 44.1 Å². The Bertz CT molecular complexity index is 1370. The molecule has 15 N–H and O–H groups in total. The van der Waals surface area contributed by atoms with Crippen LogP contribution in [0.4, 0.5) is 0 Å². The summed E-state index contributed by atoms with van der Waals surface area (Å²) in [5.41, 5.74) is 28.3. The fourth-order valence-corrected chi connectivity index (χ4v) is 4.30. The predicted molar refractivity (Wildman–Crippen MR) is 160 cm³/mol. The van der Waals surface area contributed by atoms with Gasteiger partial charge in [-0.1, -0.05) is 18.2 Å². The Labute approximate surface area is 252 Å². The molecule has 17 nitrogen and oxygen atoms in total. The molecule has 1 heterocycles. The molecule has 5 amide bonds. The van der Waals surface area contributed by atoms with Gasteiger partial charge in [0.2, 0.25) is 29.5 Å². The third kappa shape index (κ3) is 11.6. The van der Waals surface area contributed by atoms with Crippen molar-refractivity contribution in [1.29, 1.82) is 0 Å². The van der Waals surface area contributed by atoms with Gasteiger partial charge in [0.05, 0.1) is 6.04 Å². The lowest BCUT2D eigenvalue weighted by Crippen LogP contribution is -2.57. The molecule has 4 atom stereocenters. The lowest BCUT2D eigenvalue weighted by molar-refractivity contribution is -0.142. The highest BCUT2D eigenvalue weighted by molar-refractivity contribution is 5.94. The summed E-state index contributed by atoms with van der Waals surface area (Å²) >= 11 is 0. The SMILES string of the molecule is NC(=O)CCC(N)C(=O)NC(CCCN=C(N)N)C(=O)NC(CCC(N)=O)C(=O)NC(Cc1c[nH]c2ccccc12)C(=O)O. The Hall–Kier alpha value is -5.19. The maximum atomic E-state index is 13.3. The Kier molecular flexibility index (Phi) is 13.6. The van der Waals surface area contributed by atoms with E-state index in [1.165, 1.54) is 0 Å². The minimum Gasteiger partial charge on any atom is -0.480 e. The second-order valence-electron chi connectivity index (χ2n) is 10.2. The fraction of sp³-hybridized carbons (Fsp3) is 0.444. The van der Waals surface area contributed by atoms with Crippen molar-refractivity contribution in [2.24, 2.45) is 33.7 Å². The van der Waals surface area contributed by atoms with Crippen LogP contribution in [0.25, 0.3) is 10.9 Å². The molecule has 1 aromatic heterocycles. The summed E-state index contributed by atoms with van der Waals surface area (Å²) in [6, 6.07) is 2.07. The first-order valence-electron chi connectivity index (χ1n) is 13.8. The van der Waals surface area contributed by atoms with E-state index in [1.54, 1.807) is 18.3 Å². The number of hydrogen-bond donors (Lipinski definition) is 10. The summed E-state index contributed by atoms with van der Waals surface area (Å²) in [7, 11) is 0. The van der Waals surface area contributed by atoms with Gasteiger partial charge < -0.3 is 54.7 Å². The average molecular weight is 617 g/mol. The predicted octanol–water partition coefficient (Wildman–Crippen LogP) is -2.84. The van der Waals surface area contributed by atoms with Crippen molar-refractivity contribution in [2.45, 2.75) is 69.1 Å². The van der Waals surface area contributed by atoms with Crippen LogP contribution < -0.4 is 44.6 Å². The van der Waals surface area contributed by atoms with E-state index in [0.717, 1.165) is 10.9 Å². The van der Waals surface area contributed by atoms with E-state index >= 15 is 0 Å². The van der Waals surface area contributed by atoms with Gasteiger partial charge in [0.15, 0.2) is 5.96 Å². The first kappa shape index (κ1) is 35.0. The van der Waals surface area contributed by atoms with E-state index in [2.05, 4.69) is 25.9 Å². The van der Waals surface area contributed by atoms with E-state index in [9.17, 15) is 33.9 Å².